The summed E-state index contributed by atoms with van der Waals surface area (Å²) in [4.78, 5) is 26.4. The third kappa shape index (κ3) is 5.15. The molecule has 1 saturated carbocycles. The van der Waals surface area contributed by atoms with Crippen LogP contribution in [0.4, 0.5) is 4.39 Å². The molecule has 2 unspecified atom stereocenters. The topological polar surface area (TPSA) is 70.2 Å². The minimum atomic E-state index is -0.879. The molecule has 7 heteroatoms. The van der Waals surface area contributed by atoms with E-state index in [1.54, 1.807) is 18.2 Å². The Balaban J connectivity index is 1.51. The maximum atomic E-state index is 14.4. The number of hydrogen-bond donors (Lipinski definition) is 3. The molecule has 1 heterocycles. The highest BCUT2D eigenvalue weighted by atomic mass is 79.9. The first kappa shape index (κ1) is 22.0. The van der Waals surface area contributed by atoms with Crippen LogP contribution in [0.2, 0.25) is 0 Å². The molecule has 2 fully saturated rings. The number of benzene rings is 2. The molecule has 4 rings (SSSR count). The molecule has 2 aromatic carbocycles. The molecule has 31 heavy (non-hydrogen) atoms. The van der Waals surface area contributed by atoms with Crippen molar-refractivity contribution < 1.29 is 14.0 Å². The van der Waals surface area contributed by atoms with E-state index in [1.165, 1.54) is 6.07 Å². The summed E-state index contributed by atoms with van der Waals surface area (Å²) in [6.45, 7) is 1.68. The molecule has 0 aromatic heterocycles. The number of carbonyl (C=O) groups excluding carboxylic acids is 2. The van der Waals surface area contributed by atoms with E-state index in [-0.39, 0.29) is 23.7 Å². The van der Waals surface area contributed by atoms with Gasteiger partial charge in [0.1, 0.15) is 11.9 Å². The fourth-order valence-electron chi connectivity index (χ4n) is 4.23. The summed E-state index contributed by atoms with van der Waals surface area (Å²) in [6.07, 6.45) is 3.46. The highest BCUT2D eigenvalue weighted by molar-refractivity contribution is 9.10. The summed E-state index contributed by atoms with van der Waals surface area (Å²) in [5.74, 6) is -0.858. The Kier molecular flexibility index (Phi) is 6.72. The number of piperidine rings is 1. The van der Waals surface area contributed by atoms with Crippen molar-refractivity contribution in [2.24, 2.45) is 0 Å². The smallest absolute Gasteiger partial charge is 0.243 e. The van der Waals surface area contributed by atoms with Crippen molar-refractivity contribution in [3.63, 3.8) is 0 Å². The van der Waals surface area contributed by atoms with Crippen molar-refractivity contribution in [3.8, 4) is 0 Å². The van der Waals surface area contributed by atoms with Gasteiger partial charge in [0, 0.05) is 29.0 Å². The van der Waals surface area contributed by atoms with Gasteiger partial charge in [0.25, 0.3) is 0 Å². The highest BCUT2D eigenvalue weighted by Crippen LogP contribution is 2.49. The highest BCUT2D eigenvalue weighted by Gasteiger charge is 2.53. The number of nitrogens with one attached hydrogen (secondary N) is 3. The van der Waals surface area contributed by atoms with E-state index in [9.17, 15) is 14.0 Å². The van der Waals surface area contributed by atoms with Gasteiger partial charge in [-0.15, -0.1) is 0 Å². The number of carbonyl (C=O) groups is 2. The maximum absolute atomic E-state index is 14.4. The predicted octanol–water partition coefficient (Wildman–Crippen LogP) is 3.22. The molecule has 0 radical (unpaired) electrons. The van der Waals surface area contributed by atoms with Crippen molar-refractivity contribution in [3.05, 3.63) is 69.9 Å². The molecular weight excluding hydrogens is 461 g/mol. The van der Waals surface area contributed by atoms with Crippen molar-refractivity contribution >= 4 is 27.7 Å². The van der Waals surface area contributed by atoms with Crippen molar-refractivity contribution in [1.29, 1.82) is 0 Å². The minimum absolute atomic E-state index is 0.0482. The first-order chi connectivity index (χ1) is 15.0. The second kappa shape index (κ2) is 9.49. The lowest BCUT2D eigenvalue weighted by molar-refractivity contribution is -0.130. The third-order valence-corrected chi connectivity index (χ3v) is 6.72. The Morgan fingerprint density at radius 3 is 2.55 bits per heavy atom. The number of rotatable bonds is 7. The van der Waals surface area contributed by atoms with E-state index >= 15 is 0 Å². The Morgan fingerprint density at radius 2 is 1.90 bits per heavy atom. The molecule has 1 aliphatic heterocycles. The average Bonchev–Trinajstić information content (AvgIpc) is 3.58. The molecule has 2 aliphatic rings. The average molecular weight is 488 g/mol. The van der Waals surface area contributed by atoms with Crippen molar-refractivity contribution in [2.75, 3.05) is 13.1 Å². The van der Waals surface area contributed by atoms with Gasteiger partial charge in [0.2, 0.25) is 11.8 Å². The summed E-state index contributed by atoms with van der Waals surface area (Å²) in [5, 5.41) is 9.32. The molecule has 5 nitrogen and oxygen atoms in total. The first-order valence-electron chi connectivity index (χ1n) is 10.8. The van der Waals surface area contributed by atoms with Crippen LogP contribution in [-0.2, 0) is 21.4 Å². The maximum Gasteiger partial charge on any atom is 0.243 e. The molecule has 3 N–H and O–H groups in total. The normalized spacial score (nSPS) is 20.5. The summed E-state index contributed by atoms with van der Waals surface area (Å²) in [5.41, 5.74) is 0.476. The summed E-state index contributed by atoms with van der Waals surface area (Å²) in [7, 11) is 0. The van der Waals surface area contributed by atoms with Crippen LogP contribution in [0.1, 0.15) is 36.8 Å². The van der Waals surface area contributed by atoms with Gasteiger partial charge in [0.15, 0.2) is 0 Å². The molecule has 0 bridgehead atoms. The van der Waals surface area contributed by atoms with Crippen LogP contribution in [0, 0.1) is 5.82 Å². The van der Waals surface area contributed by atoms with Gasteiger partial charge >= 0.3 is 0 Å². The third-order valence-electron chi connectivity index (χ3n) is 6.19. The molecular formula is C24H27BrFN3O2. The summed E-state index contributed by atoms with van der Waals surface area (Å²) < 4.78 is 15.4. The lowest BCUT2D eigenvalue weighted by Gasteiger charge is -2.28. The van der Waals surface area contributed by atoms with Gasteiger partial charge in [-0.25, -0.2) is 4.39 Å². The van der Waals surface area contributed by atoms with E-state index in [2.05, 4.69) is 31.9 Å². The van der Waals surface area contributed by atoms with E-state index in [0.717, 1.165) is 36.0 Å². The zero-order valence-corrected chi connectivity index (χ0v) is 18.9. The summed E-state index contributed by atoms with van der Waals surface area (Å²) in [6, 6.07) is 13.4. The van der Waals surface area contributed by atoms with Gasteiger partial charge in [-0.3, -0.25) is 9.59 Å². The van der Waals surface area contributed by atoms with E-state index in [1.807, 2.05) is 24.3 Å². The van der Waals surface area contributed by atoms with Gasteiger partial charge in [-0.1, -0.05) is 46.3 Å². The Hall–Kier alpha value is -2.25. The molecule has 1 saturated heterocycles. The molecule has 164 valence electrons. The van der Waals surface area contributed by atoms with Gasteiger partial charge < -0.3 is 16.0 Å². The molecule has 1 aliphatic carbocycles. The second-order valence-corrected chi connectivity index (χ2v) is 9.39. The van der Waals surface area contributed by atoms with Crippen LogP contribution in [0.5, 0.6) is 0 Å². The number of halogens is 2. The largest absolute Gasteiger partial charge is 0.350 e. The standard InChI is InChI=1S/C24H27BrFN3O2/c25-17-9-7-16(8-10-17)14-21(22(30)28-18-4-3-13-27-15-18)29-23(31)24(11-12-24)19-5-1-2-6-20(19)26/h1-2,5-10,18,21,27H,3-4,11-15H2,(H,28,30)(H,29,31). The van der Waals surface area contributed by atoms with Crippen LogP contribution in [0.25, 0.3) is 0 Å². The fraction of sp³-hybridized carbons (Fsp3) is 0.417. The van der Waals surface area contributed by atoms with E-state index in [0.29, 0.717) is 24.8 Å². The molecule has 2 atom stereocenters. The Labute approximate surface area is 190 Å². The lowest BCUT2D eigenvalue weighted by Crippen LogP contribution is -2.55. The molecule has 2 amide bonds. The number of hydrogen-bond acceptors (Lipinski definition) is 3. The zero-order chi connectivity index (χ0) is 21.8. The van der Waals surface area contributed by atoms with Crippen LogP contribution in [-0.4, -0.2) is 37.0 Å². The fourth-order valence-corrected chi connectivity index (χ4v) is 4.50. The second-order valence-electron chi connectivity index (χ2n) is 8.47. The molecule has 2 aromatic rings. The van der Waals surface area contributed by atoms with E-state index < -0.39 is 11.5 Å². The summed E-state index contributed by atoms with van der Waals surface area (Å²) >= 11 is 3.42. The van der Waals surface area contributed by atoms with Gasteiger partial charge in [-0.2, -0.15) is 0 Å². The van der Waals surface area contributed by atoms with Gasteiger partial charge in [0.05, 0.1) is 5.41 Å². The SMILES string of the molecule is O=C(NC1CCCNC1)C(Cc1ccc(Br)cc1)NC(=O)C1(c2ccccc2F)CC1. The van der Waals surface area contributed by atoms with Crippen LogP contribution in [0.15, 0.2) is 53.0 Å². The lowest BCUT2D eigenvalue weighted by atomic mass is 9.93. The van der Waals surface area contributed by atoms with Crippen LogP contribution in [0.3, 0.4) is 0 Å². The van der Waals surface area contributed by atoms with E-state index in [4.69, 9.17) is 0 Å². The predicted molar refractivity (Wildman–Crippen MR) is 121 cm³/mol. The van der Waals surface area contributed by atoms with Crippen molar-refractivity contribution in [2.45, 2.75) is 49.6 Å². The molecule has 0 spiro atoms. The number of amides is 2. The van der Waals surface area contributed by atoms with Gasteiger partial charge in [-0.05, 0) is 56.0 Å². The first-order valence-corrected chi connectivity index (χ1v) is 11.6. The van der Waals surface area contributed by atoms with Crippen molar-refractivity contribution in [1.82, 2.24) is 16.0 Å². The van der Waals surface area contributed by atoms with Crippen LogP contribution >= 0.6 is 15.9 Å². The quantitative estimate of drug-likeness (QED) is 0.561. The zero-order valence-electron chi connectivity index (χ0n) is 17.3. The van der Waals surface area contributed by atoms with Crippen LogP contribution < -0.4 is 16.0 Å². The monoisotopic (exact) mass is 487 g/mol. The Morgan fingerprint density at radius 1 is 1.16 bits per heavy atom. The Bertz CT molecular complexity index is 940. The minimum Gasteiger partial charge on any atom is -0.350 e.